The number of nitrogens with zero attached hydrogens (tertiary/aromatic N) is 1. The first-order valence-corrected chi connectivity index (χ1v) is 8.44. The molecule has 0 amide bonds. The molecule has 0 atom stereocenters. The van der Waals surface area contributed by atoms with E-state index < -0.39 is 10.0 Å². The lowest BCUT2D eigenvalue weighted by Crippen LogP contribution is -2.12. The van der Waals surface area contributed by atoms with E-state index >= 15 is 0 Å². The van der Waals surface area contributed by atoms with Gasteiger partial charge in [0.05, 0.1) is 4.90 Å². The molecule has 0 aliphatic rings. The molecule has 0 radical (unpaired) electrons. The van der Waals surface area contributed by atoms with Gasteiger partial charge in [0, 0.05) is 28.5 Å². The fraction of sp³-hybridized carbons (Fsp3) is 0.0625. The lowest BCUT2D eigenvalue weighted by atomic mass is 10.1. The van der Waals surface area contributed by atoms with E-state index in [2.05, 4.69) is 9.71 Å². The van der Waals surface area contributed by atoms with Gasteiger partial charge in [-0.3, -0.25) is 9.71 Å². The first kappa shape index (κ1) is 14.8. The number of aryl methyl sites for hydroxylation is 1. The molecular formula is C16H13ClN2O2S. The van der Waals surface area contributed by atoms with Crippen molar-refractivity contribution >= 4 is 38.1 Å². The summed E-state index contributed by atoms with van der Waals surface area (Å²) in [6.45, 7) is 1.94. The van der Waals surface area contributed by atoms with Crippen LogP contribution in [0.3, 0.4) is 0 Å². The van der Waals surface area contributed by atoms with Crippen molar-refractivity contribution < 1.29 is 8.42 Å². The summed E-state index contributed by atoms with van der Waals surface area (Å²) in [6.07, 6.45) is 3.50. The van der Waals surface area contributed by atoms with E-state index in [1.807, 2.05) is 13.0 Å². The minimum absolute atomic E-state index is 0.170. The SMILES string of the molecule is Cc1cncc2ccc(NS(=O)(=O)c3ccc(Cl)cc3)cc12. The van der Waals surface area contributed by atoms with Gasteiger partial charge in [-0.15, -0.1) is 0 Å². The van der Waals surface area contributed by atoms with Crippen molar-refractivity contribution in [2.24, 2.45) is 0 Å². The Morgan fingerprint density at radius 1 is 1.05 bits per heavy atom. The van der Waals surface area contributed by atoms with Gasteiger partial charge in [-0.2, -0.15) is 0 Å². The number of sulfonamides is 1. The van der Waals surface area contributed by atoms with E-state index in [1.165, 1.54) is 12.1 Å². The quantitative estimate of drug-likeness (QED) is 0.788. The first-order chi connectivity index (χ1) is 10.5. The number of nitrogens with one attached hydrogen (secondary N) is 1. The molecule has 0 fully saturated rings. The van der Waals surface area contributed by atoms with Gasteiger partial charge in [0.15, 0.2) is 0 Å². The highest BCUT2D eigenvalue weighted by molar-refractivity contribution is 7.92. The number of halogens is 1. The van der Waals surface area contributed by atoms with Crippen molar-refractivity contribution in [1.29, 1.82) is 0 Å². The van der Waals surface area contributed by atoms with Crippen LogP contribution < -0.4 is 4.72 Å². The summed E-state index contributed by atoms with van der Waals surface area (Å²) >= 11 is 5.78. The van der Waals surface area contributed by atoms with Gasteiger partial charge in [-0.05, 0) is 54.3 Å². The molecular weight excluding hydrogens is 320 g/mol. The second kappa shape index (κ2) is 5.59. The van der Waals surface area contributed by atoms with Crippen LogP contribution in [0.4, 0.5) is 5.69 Å². The Morgan fingerprint density at radius 2 is 1.77 bits per heavy atom. The van der Waals surface area contributed by atoms with Crippen molar-refractivity contribution in [3.05, 3.63) is 65.4 Å². The van der Waals surface area contributed by atoms with E-state index in [0.29, 0.717) is 10.7 Å². The van der Waals surface area contributed by atoms with E-state index in [4.69, 9.17) is 11.6 Å². The fourth-order valence-electron chi connectivity index (χ4n) is 2.20. The van der Waals surface area contributed by atoms with Crippen molar-refractivity contribution in [1.82, 2.24) is 4.98 Å². The molecule has 4 nitrogen and oxygen atoms in total. The monoisotopic (exact) mass is 332 g/mol. The molecule has 0 unspecified atom stereocenters. The molecule has 1 heterocycles. The summed E-state index contributed by atoms with van der Waals surface area (Å²) in [4.78, 5) is 4.29. The Balaban J connectivity index is 1.98. The van der Waals surface area contributed by atoms with Gasteiger partial charge >= 0.3 is 0 Å². The summed E-state index contributed by atoms with van der Waals surface area (Å²) in [5, 5.41) is 2.42. The van der Waals surface area contributed by atoms with Crippen molar-refractivity contribution in [3.63, 3.8) is 0 Å². The number of anilines is 1. The van der Waals surface area contributed by atoms with Crippen LogP contribution in [0.25, 0.3) is 10.8 Å². The molecule has 1 aromatic heterocycles. The van der Waals surface area contributed by atoms with E-state index in [9.17, 15) is 8.42 Å². The maximum atomic E-state index is 12.4. The Morgan fingerprint density at radius 3 is 2.50 bits per heavy atom. The molecule has 0 saturated heterocycles. The standard InChI is InChI=1S/C16H13ClN2O2S/c1-11-9-18-10-12-2-5-14(8-16(11)12)19-22(20,21)15-6-3-13(17)4-7-15/h2-10,19H,1H3. The van der Waals surface area contributed by atoms with Crippen molar-refractivity contribution in [2.45, 2.75) is 11.8 Å². The topological polar surface area (TPSA) is 59.1 Å². The third kappa shape index (κ3) is 2.91. The second-order valence-corrected chi connectivity index (χ2v) is 7.07. The smallest absolute Gasteiger partial charge is 0.261 e. The van der Waals surface area contributed by atoms with Gasteiger partial charge in [-0.25, -0.2) is 8.42 Å². The van der Waals surface area contributed by atoms with Gasteiger partial charge < -0.3 is 0 Å². The van der Waals surface area contributed by atoms with Crippen LogP contribution in [0, 0.1) is 6.92 Å². The zero-order chi connectivity index (χ0) is 15.7. The number of aromatic nitrogens is 1. The number of benzene rings is 2. The summed E-state index contributed by atoms with van der Waals surface area (Å²) in [6, 6.07) is 11.4. The predicted octanol–water partition coefficient (Wildman–Crippen LogP) is 4.00. The van der Waals surface area contributed by atoms with Crippen LogP contribution in [0.2, 0.25) is 5.02 Å². The fourth-order valence-corrected chi connectivity index (χ4v) is 3.38. The highest BCUT2D eigenvalue weighted by Gasteiger charge is 2.14. The molecule has 22 heavy (non-hydrogen) atoms. The Labute approximate surface area is 133 Å². The number of fused-ring (bicyclic) bond motifs is 1. The zero-order valence-corrected chi connectivity index (χ0v) is 13.3. The zero-order valence-electron chi connectivity index (χ0n) is 11.7. The lowest BCUT2D eigenvalue weighted by molar-refractivity contribution is 0.601. The van der Waals surface area contributed by atoms with Crippen LogP contribution in [0.1, 0.15) is 5.56 Å². The molecule has 0 aliphatic carbocycles. The maximum Gasteiger partial charge on any atom is 0.261 e. The summed E-state index contributed by atoms with van der Waals surface area (Å²) in [7, 11) is -3.64. The van der Waals surface area contributed by atoms with Crippen LogP contribution in [0.5, 0.6) is 0 Å². The van der Waals surface area contributed by atoms with E-state index in [1.54, 1.807) is 36.7 Å². The first-order valence-electron chi connectivity index (χ1n) is 6.58. The lowest BCUT2D eigenvalue weighted by Gasteiger charge is -2.10. The van der Waals surface area contributed by atoms with Crippen LogP contribution in [-0.4, -0.2) is 13.4 Å². The van der Waals surface area contributed by atoms with Crippen LogP contribution in [0.15, 0.2) is 59.8 Å². The molecule has 1 N–H and O–H groups in total. The molecule has 0 aliphatic heterocycles. The molecule has 0 saturated carbocycles. The highest BCUT2D eigenvalue weighted by Crippen LogP contribution is 2.24. The molecule has 0 spiro atoms. The third-order valence-electron chi connectivity index (χ3n) is 3.34. The maximum absolute atomic E-state index is 12.4. The average molecular weight is 333 g/mol. The Kier molecular flexibility index (Phi) is 3.76. The van der Waals surface area contributed by atoms with Gasteiger partial charge in [-0.1, -0.05) is 17.7 Å². The summed E-state index contributed by atoms with van der Waals surface area (Å²) in [5.41, 5.74) is 1.50. The summed E-state index contributed by atoms with van der Waals surface area (Å²) < 4.78 is 27.3. The highest BCUT2D eigenvalue weighted by atomic mass is 35.5. The molecule has 6 heteroatoms. The molecule has 3 rings (SSSR count). The Bertz CT molecular complexity index is 938. The molecule has 0 bridgehead atoms. The summed E-state index contributed by atoms with van der Waals surface area (Å²) in [5.74, 6) is 0. The van der Waals surface area contributed by atoms with Crippen molar-refractivity contribution in [3.8, 4) is 0 Å². The second-order valence-electron chi connectivity index (χ2n) is 4.95. The average Bonchev–Trinajstić information content (AvgIpc) is 2.48. The van der Waals surface area contributed by atoms with Gasteiger partial charge in [0.2, 0.25) is 0 Å². The number of pyridine rings is 1. The molecule has 3 aromatic rings. The van der Waals surface area contributed by atoms with Gasteiger partial charge in [0.25, 0.3) is 10.0 Å². The van der Waals surface area contributed by atoms with Crippen LogP contribution in [-0.2, 0) is 10.0 Å². The van der Waals surface area contributed by atoms with Crippen molar-refractivity contribution in [2.75, 3.05) is 4.72 Å². The largest absolute Gasteiger partial charge is 0.280 e. The molecule has 2 aromatic carbocycles. The Hall–Kier alpha value is -2.11. The number of hydrogen-bond acceptors (Lipinski definition) is 3. The number of hydrogen-bond donors (Lipinski definition) is 1. The minimum atomic E-state index is -3.64. The minimum Gasteiger partial charge on any atom is -0.280 e. The van der Waals surface area contributed by atoms with Gasteiger partial charge in [0.1, 0.15) is 0 Å². The van der Waals surface area contributed by atoms with E-state index in [-0.39, 0.29) is 4.90 Å². The van der Waals surface area contributed by atoms with Crippen LogP contribution >= 0.6 is 11.6 Å². The number of rotatable bonds is 3. The van der Waals surface area contributed by atoms with E-state index in [0.717, 1.165) is 16.3 Å². The third-order valence-corrected chi connectivity index (χ3v) is 4.99. The predicted molar refractivity (Wildman–Crippen MR) is 88.7 cm³/mol. The normalized spacial score (nSPS) is 11.5. The molecule has 112 valence electrons.